The van der Waals surface area contributed by atoms with Gasteiger partial charge < -0.3 is 10.1 Å². The highest BCUT2D eigenvalue weighted by molar-refractivity contribution is 6.33. The molecule has 0 spiro atoms. The Morgan fingerprint density at radius 1 is 1.25 bits per heavy atom. The highest BCUT2D eigenvalue weighted by Crippen LogP contribution is 2.16. The topological polar surface area (TPSA) is 62.7 Å². The van der Waals surface area contributed by atoms with E-state index in [9.17, 15) is 4.79 Å². The van der Waals surface area contributed by atoms with Crippen LogP contribution in [0.3, 0.4) is 0 Å². The lowest BCUT2D eigenvalue weighted by Crippen LogP contribution is -2.34. The molecule has 2 N–H and O–H groups in total. The van der Waals surface area contributed by atoms with Gasteiger partial charge in [0.05, 0.1) is 12.8 Å². The van der Waals surface area contributed by atoms with E-state index in [1.165, 1.54) is 6.21 Å². The maximum absolute atomic E-state index is 12.0. The molecule has 0 aromatic heterocycles. The van der Waals surface area contributed by atoms with Gasteiger partial charge in [-0.25, -0.2) is 5.43 Å². The van der Waals surface area contributed by atoms with Crippen molar-refractivity contribution in [1.82, 2.24) is 5.43 Å². The molecule has 2 aromatic carbocycles. The number of amides is 1. The largest absolute Gasteiger partial charge is 0.494 e. The van der Waals surface area contributed by atoms with E-state index in [0.717, 1.165) is 17.0 Å². The first-order valence-electron chi connectivity index (χ1n) is 7.67. The number of rotatable bonds is 7. The van der Waals surface area contributed by atoms with E-state index < -0.39 is 6.04 Å². The molecular formula is C18H20ClN3O2. The van der Waals surface area contributed by atoms with Crippen molar-refractivity contribution in [3.63, 3.8) is 0 Å². The van der Waals surface area contributed by atoms with E-state index in [1.54, 1.807) is 13.0 Å². The van der Waals surface area contributed by atoms with Crippen LogP contribution < -0.4 is 15.5 Å². The second-order valence-electron chi connectivity index (χ2n) is 5.08. The predicted octanol–water partition coefficient (Wildman–Crippen LogP) is 3.69. The van der Waals surface area contributed by atoms with Crippen LogP contribution in [0.1, 0.15) is 19.4 Å². The quantitative estimate of drug-likeness (QED) is 0.594. The van der Waals surface area contributed by atoms with Gasteiger partial charge in [0.15, 0.2) is 0 Å². The predicted molar refractivity (Wildman–Crippen MR) is 97.9 cm³/mol. The smallest absolute Gasteiger partial charge is 0.262 e. The number of anilines is 1. The molecular weight excluding hydrogens is 326 g/mol. The fourth-order valence-electron chi connectivity index (χ4n) is 1.97. The van der Waals surface area contributed by atoms with Crippen molar-refractivity contribution in [1.29, 1.82) is 0 Å². The van der Waals surface area contributed by atoms with Crippen LogP contribution in [0.5, 0.6) is 5.75 Å². The zero-order valence-electron chi connectivity index (χ0n) is 13.6. The zero-order chi connectivity index (χ0) is 17.4. The van der Waals surface area contributed by atoms with Gasteiger partial charge in [-0.3, -0.25) is 4.79 Å². The highest BCUT2D eigenvalue weighted by atomic mass is 35.5. The van der Waals surface area contributed by atoms with Crippen molar-refractivity contribution in [2.24, 2.45) is 5.10 Å². The number of hydrogen-bond donors (Lipinski definition) is 2. The Bertz CT molecular complexity index is 702. The third kappa shape index (κ3) is 5.28. The van der Waals surface area contributed by atoms with Crippen molar-refractivity contribution in [2.75, 3.05) is 11.9 Å². The summed E-state index contributed by atoms with van der Waals surface area (Å²) in [6.07, 6.45) is 1.52. The first kappa shape index (κ1) is 17.8. The van der Waals surface area contributed by atoms with Crippen LogP contribution in [0, 0.1) is 0 Å². The molecule has 1 amide bonds. The average Bonchev–Trinajstić information content (AvgIpc) is 2.58. The molecule has 24 heavy (non-hydrogen) atoms. The van der Waals surface area contributed by atoms with Crippen LogP contribution in [0.4, 0.5) is 5.69 Å². The van der Waals surface area contributed by atoms with Crippen molar-refractivity contribution in [3.8, 4) is 5.75 Å². The molecule has 0 radical (unpaired) electrons. The second kappa shape index (κ2) is 8.93. The number of halogens is 1. The zero-order valence-corrected chi connectivity index (χ0v) is 14.4. The van der Waals surface area contributed by atoms with Crippen molar-refractivity contribution >= 4 is 29.4 Å². The fourth-order valence-corrected chi connectivity index (χ4v) is 2.16. The Kier molecular flexibility index (Phi) is 6.63. The number of carbonyl (C=O) groups excluding carboxylic acids is 1. The summed E-state index contributed by atoms with van der Waals surface area (Å²) in [6, 6.07) is 14.3. The summed E-state index contributed by atoms with van der Waals surface area (Å²) in [4.78, 5) is 12.0. The number of carbonyl (C=O) groups is 1. The molecule has 0 saturated carbocycles. The lowest BCUT2D eigenvalue weighted by Gasteiger charge is -2.14. The first-order chi connectivity index (χ1) is 11.6. The Labute approximate surface area is 146 Å². The van der Waals surface area contributed by atoms with Crippen LogP contribution in [-0.2, 0) is 4.79 Å². The fraction of sp³-hybridized carbons (Fsp3) is 0.222. The Hall–Kier alpha value is -2.53. The molecule has 0 fully saturated rings. The molecule has 0 aliphatic rings. The van der Waals surface area contributed by atoms with E-state index in [4.69, 9.17) is 16.3 Å². The van der Waals surface area contributed by atoms with Gasteiger partial charge in [0.1, 0.15) is 11.8 Å². The lowest BCUT2D eigenvalue weighted by molar-refractivity contribution is -0.121. The molecule has 0 aliphatic carbocycles. The molecule has 1 unspecified atom stereocenters. The maximum atomic E-state index is 12.0. The molecule has 0 saturated heterocycles. The van der Waals surface area contributed by atoms with Crippen molar-refractivity contribution in [2.45, 2.75) is 19.9 Å². The summed E-state index contributed by atoms with van der Waals surface area (Å²) < 4.78 is 5.38. The van der Waals surface area contributed by atoms with Crippen molar-refractivity contribution < 1.29 is 9.53 Å². The van der Waals surface area contributed by atoms with Gasteiger partial charge >= 0.3 is 0 Å². The number of hydrogen-bond acceptors (Lipinski definition) is 4. The minimum Gasteiger partial charge on any atom is -0.494 e. The Morgan fingerprint density at radius 2 is 1.96 bits per heavy atom. The van der Waals surface area contributed by atoms with Crippen LogP contribution >= 0.6 is 11.6 Å². The molecule has 0 aliphatic heterocycles. The average molecular weight is 346 g/mol. The van der Waals surface area contributed by atoms with Gasteiger partial charge in [-0.15, -0.1) is 0 Å². The molecule has 5 nitrogen and oxygen atoms in total. The van der Waals surface area contributed by atoms with Gasteiger partial charge in [-0.2, -0.15) is 5.10 Å². The van der Waals surface area contributed by atoms with Gasteiger partial charge in [0.2, 0.25) is 0 Å². The summed E-state index contributed by atoms with van der Waals surface area (Å²) >= 11 is 6.02. The summed E-state index contributed by atoms with van der Waals surface area (Å²) in [5, 5.41) is 7.62. The molecule has 126 valence electrons. The van der Waals surface area contributed by atoms with Gasteiger partial charge in [-0.1, -0.05) is 29.8 Å². The minimum absolute atomic E-state index is 0.243. The molecule has 1 atom stereocenters. The second-order valence-corrected chi connectivity index (χ2v) is 5.49. The molecule has 2 rings (SSSR count). The van der Waals surface area contributed by atoms with E-state index in [2.05, 4.69) is 15.8 Å². The van der Waals surface area contributed by atoms with Crippen molar-refractivity contribution in [3.05, 3.63) is 59.1 Å². The standard InChI is InChI=1S/C18H20ClN3O2/c1-3-24-16-10-8-15(9-11-16)21-13(2)18(23)22-20-12-14-6-4-5-7-17(14)19/h4-13,21H,3H2,1-2H3,(H,22,23)/b20-12+. The highest BCUT2D eigenvalue weighted by Gasteiger charge is 2.11. The van der Waals surface area contributed by atoms with E-state index in [-0.39, 0.29) is 5.91 Å². The summed E-state index contributed by atoms with van der Waals surface area (Å²) in [6.45, 7) is 4.31. The maximum Gasteiger partial charge on any atom is 0.262 e. The number of nitrogens with one attached hydrogen (secondary N) is 2. The first-order valence-corrected chi connectivity index (χ1v) is 8.04. The molecule has 0 heterocycles. The summed E-state index contributed by atoms with van der Waals surface area (Å²) in [5.74, 6) is 0.552. The molecule has 6 heteroatoms. The van der Waals surface area contributed by atoms with Crippen LogP contribution in [0.25, 0.3) is 0 Å². The van der Waals surface area contributed by atoms with Gasteiger partial charge in [-0.05, 0) is 44.2 Å². The Morgan fingerprint density at radius 3 is 2.62 bits per heavy atom. The number of hydrazone groups is 1. The van der Waals surface area contributed by atoms with E-state index in [0.29, 0.717) is 11.6 Å². The summed E-state index contributed by atoms with van der Waals surface area (Å²) in [7, 11) is 0. The van der Waals surface area contributed by atoms with E-state index in [1.807, 2.05) is 49.4 Å². The number of ether oxygens (including phenoxy) is 1. The Balaban J connectivity index is 1.86. The summed E-state index contributed by atoms with van der Waals surface area (Å²) in [5.41, 5.74) is 4.07. The minimum atomic E-state index is -0.439. The SMILES string of the molecule is CCOc1ccc(NC(C)C(=O)N/N=C/c2ccccc2Cl)cc1. The van der Waals surface area contributed by atoms with Crippen LogP contribution in [-0.4, -0.2) is 24.8 Å². The normalized spacial score (nSPS) is 12.0. The monoisotopic (exact) mass is 345 g/mol. The van der Waals surface area contributed by atoms with E-state index >= 15 is 0 Å². The lowest BCUT2D eigenvalue weighted by atomic mass is 10.2. The number of nitrogens with zero attached hydrogens (tertiary/aromatic N) is 1. The third-order valence-electron chi connectivity index (χ3n) is 3.23. The van der Waals surface area contributed by atoms with Crippen LogP contribution in [0.2, 0.25) is 5.02 Å². The third-order valence-corrected chi connectivity index (χ3v) is 3.57. The van der Waals surface area contributed by atoms with Gasteiger partial charge in [0, 0.05) is 16.3 Å². The molecule has 2 aromatic rings. The van der Waals surface area contributed by atoms with Gasteiger partial charge in [0.25, 0.3) is 5.91 Å². The number of benzene rings is 2. The van der Waals surface area contributed by atoms with Crippen LogP contribution in [0.15, 0.2) is 53.6 Å². The molecule has 0 bridgehead atoms.